The summed E-state index contributed by atoms with van der Waals surface area (Å²) in [5.74, 6) is -0.0813. The van der Waals surface area contributed by atoms with Gasteiger partial charge in [-0.25, -0.2) is 0 Å². The minimum absolute atomic E-state index is 0.140. The average Bonchev–Trinajstić information content (AvgIpc) is 2.61. The minimum Gasteiger partial charge on any atom is -0.322 e. The number of carbonyl (C=O) groups excluding carboxylic acids is 2. The molecule has 1 saturated heterocycles. The number of carbonyl (C=O) groups is 2. The van der Waals surface area contributed by atoms with E-state index in [1.807, 2.05) is 36.4 Å². The van der Waals surface area contributed by atoms with Crippen LogP contribution in [0.15, 0.2) is 54.9 Å². The van der Waals surface area contributed by atoms with Crippen molar-refractivity contribution in [2.24, 2.45) is 0 Å². The number of benzene rings is 1. The summed E-state index contributed by atoms with van der Waals surface area (Å²) in [4.78, 5) is 29.8. The summed E-state index contributed by atoms with van der Waals surface area (Å²) >= 11 is 0. The van der Waals surface area contributed by atoms with E-state index in [0.29, 0.717) is 12.1 Å². The molecule has 122 valence electrons. The largest absolute Gasteiger partial charge is 0.322 e. The van der Waals surface area contributed by atoms with Crippen molar-refractivity contribution in [3.63, 3.8) is 0 Å². The highest BCUT2D eigenvalue weighted by molar-refractivity contribution is 6.02. The van der Waals surface area contributed by atoms with Gasteiger partial charge in [0.2, 0.25) is 11.8 Å². The van der Waals surface area contributed by atoms with Crippen LogP contribution in [0.4, 0.5) is 11.4 Å². The molecule has 0 saturated carbocycles. The number of anilines is 2. The van der Waals surface area contributed by atoms with E-state index in [2.05, 4.69) is 10.3 Å². The highest BCUT2D eigenvalue weighted by atomic mass is 16.2. The molecule has 5 heteroatoms. The summed E-state index contributed by atoms with van der Waals surface area (Å²) in [6.07, 6.45) is 9.10. The maximum Gasteiger partial charge on any atom is 0.248 e. The molecular weight excluding hydrogens is 302 g/mol. The first kappa shape index (κ1) is 15.9. The van der Waals surface area contributed by atoms with Crippen LogP contribution in [0, 0.1) is 0 Å². The van der Waals surface area contributed by atoms with Gasteiger partial charge >= 0.3 is 0 Å². The van der Waals surface area contributed by atoms with Crippen LogP contribution in [0.5, 0.6) is 0 Å². The maximum atomic E-state index is 12.0. The SMILES string of the molecule is O=C(/C=C/c1cccnc1)Nc1cccc(N2CCCCC2=O)c1. The Hall–Kier alpha value is -2.95. The van der Waals surface area contributed by atoms with Gasteiger partial charge in [0, 0.05) is 42.8 Å². The fourth-order valence-corrected chi connectivity index (χ4v) is 2.66. The smallest absolute Gasteiger partial charge is 0.248 e. The third-order valence-corrected chi connectivity index (χ3v) is 3.86. The molecule has 3 rings (SSSR count). The molecule has 0 radical (unpaired) electrons. The molecule has 0 atom stereocenters. The topological polar surface area (TPSA) is 62.3 Å². The summed E-state index contributed by atoms with van der Waals surface area (Å²) in [5, 5.41) is 2.82. The number of hydrogen-bond acceptors (Lipinski definition) is 3. The van der Waals surface area contributed by atoms with Crippen LogP contribution in [0.2, 0.25) is 0 Å². The maximum absolute atomic E-state index is 12.0. The van der Waals surface area contributed by atoms with E-state index >= 15 is 0 Å². The van der Waals surface area contributed by atoms with Gasteiger partial charge in [-0.05, 0) is 48.7 Å². The monoisotopic (exact) mass is 321 g/mol. The van der Waals surface area contributed by atoms with Crippen molar-refractivity contribution in [2.75, 3.05) is 16.8 Å². The van der Waals surface area contributed by atoms with E-state index in [4.69, 9.17) is 0 Å². The zero-order chi connectivity index (χ0) is 16.8. The Morgan fingerprint density at radius 3 is 2.92 bits per heavy atom. The van der Waals surface area contributed by atoms with Crippen molar-refractivity contribution < 1.29 is 9.59 Å². The summed E-state index contributed by atoms with van der Waals surface area (Å²) in [5.41, 5.74) is 2.36. The van der Waals surface area contributed by atoms with E-state index in [0.717, 1.165) is 30.6 Å². The van der Waals surface area contributed by atoms with Crippen molar-refractivity contribution in [3.05, 3.63) is 60.4 Å². The molecule has 0 unspecified atom stereocenters. The predicted octanol–water partition coefficient (Wildman–Crippen LogP) is 3.25. The van der Waals surface area contributed by atoms with Gasteiger partial charge in [0.15, 0.2) is 0 Å². The molecule has 24 heavy (non-hydrogen) atoms. The Morgan fingerprint density at radius 1 is 1.21 bits per heavy atom. The molecule has 0 spiro atoms. The molecule has 1 aromatic heterocycles. The summed E-state index contributed by atoms with van der Waals surface area (Å²) in [6, 6.07) is 11.1. The lowest BCUT2D eigenvalue weighted by atomic mass is 10.1. The Labute approximate surface area is 141 Å². The summed E-state index contributed by atoms with van der Waals surface area (Å²) in [7, 11) is 0. The van der Waals surface area contributed by atoms with Crippen LogP contribution in [0.1, 0.15) is 24.8 Å². The predicted molar refractivity (Wildman–Crippen MR) is 94.5 cm³/mol. The molecule has 1 aromatic carbocycles. The van der Waals surface area contributed by atoms with Gasteiger partial charge in [-0.3, -0.25) is 14.6 Å². The van der Waals surface area contributed by atoms with E-state index in [9.17, 15) is 9.59 Å². The van der Waals surface area contributed by atoms with Gasteiger partial charge in [-0.2, -0.15) is 0 Å². The molecule has 1 fully saturated rings. The molecule has 0 aliphatic carbocycles. The van der Waals surface area contributed by atoms with Gasteiger partial charge in [0.25, 0.3) is 0 Å². The second kappa shape index (κ2) is 7.55. The van der Waals surface area contributed by atoms with Crippen LogP contribution >= 0.6 is 0 Å². The zero-order valence-electron chi connectivity index (χ0n) is 13.3. The van der Waals surface area contributed by atoms with E-state index in [-0.39, 0.29) is 11.8 Å². The number of hydrogen-bond donors (Lipinski definition) is 1. The lowest BCUT2D eigenvalue weighted by molar-refractivity contribution is -0.119. The number of nitrogens with one attached hydrogen (secondary N) is 1. The van der Waals surface area contributed by atoms with Crippen molar-refractivity contribution in [3.8, 4) is 0 Å². The molecule has 2 heterocycles. The lowest BCUT2D eigenvalue weighted by Gasteiger charge is -2.27. The standard InChI is InChI=1S/C19H19N3O2/c23-18(10-9-15-5-4-11-20-14-15)21-16-6-3-7-17(13-16)22-12-2-1-8-19(22)24/h3-7,9-11,13-14H,1-2,8,12H2,(H,21,23)/b10-9+. The Bertz CT molecular complexity index is 756. The lowest BCUT2D eigenvalue weighted by Crippen LogP contribution is -2.35. The zero-order valence-corrected chi connectivity index (χ0v) is 13.3. The highest BCUT2D eigenvalue weighted by Crippen LogP contribution is 2.23. The molecule has 5 nitrogen and oxygen atoms in total. The molecule has 0 bridgehead atoms. The van der Waals surface area contributed by atoms with Crippen LogP contribution in [0.3, 0.4) is 0 Å². The molecule has 1 aliphatic rings. The van der Waals surface area contributed by atoms with Gasteiger partial charge < -0.3 is 10.2 Å². The van der Waals surface area contributed by atoms with Crippen molar-refractivity contribution in [1.82, 2.24) is 4.98 Å². The van der Waals surface area contributed by atoms with Gasteiger partial charge in [0.1, 0.15) is 0 Å². The van der Waals surface area contributed by atoms with Crippen molar-refractivity contribution in [1.29, 1.82) is 0 Å². The molecule has 1 aliphatic heterocycles. The Balaban J connectivity index is 1.67. The van der Waals surface area contributed by atoms with Crippen molar-refractivity contribution in [2.45, 2.75) is 19.3 Å². The molecule has 1 N–H and O–H groups in total. The van der Waals surface area contributed by atoms with E-state index < -0.39 is 0 Å². The number of aromatic nitrogens is 1. The number of nitrogens with zero attached hydrogens (tertiary/aromatic N) is 2. The second-order valence-electron chi connectivity index (χ2n) is 5.66. The number of piperidine rings is 1. The van der Waals surface area contributed by atoms with E-state index in [1.165, 1.54) is 6.08 Å². The van der Waals surface area contributed by atoms with Gasteiger partial charge in [-0.1, -0.05) is 12.1 Å². The Kier molecular flexibility index (Phi) is 5.01. The molecule has 2 amide bonds. The number of rotatable bonds is 4. The Morgan fingerprint density at radius 2 is 2.12 bits per heavy atom. The number of amides is 2. The normalized spacial score (nSPS) is 14.8. The van der Waals surface area contributed by atoms with Crippen LogP contribution < -0.4 is 10.2 Å². The van der Waals surface area contributed by atoms with Gasteiger partial charge in [-0.15, -0.1) is 0 Å². The number of pyridine rings is 1. The molecule has 2 aromatic rings. The van der Waals surface area contributed by atoms with Gasteiger partial charge in [0.05, 0.1) is 0 Å². The quantitative estimate of drug-likeness (QED) is 0.879. The molecular formula is C19H19N3O2. The minimum atomic E-state index is -0.221. The van der Waals surface area contributed by atoms with Crippen LogP contribution in [-0.4, -0.2) is 23.3 Å². The third-order valence-electron chi connectivity index (χ3n) is 3.86. The first-order valence-corrected chi connectivity index (χ1v) is 8.02. The summed E-state index contributed by atoms with van der Waals surface area (Å²) < 4.78 is 0. The first-order chi connectivity index (χ1) is 11.7. The summed E-state index contributed by atoms with van der Waals surface area (Å²) in [6.45, 7) is 0.733. The van der Waals surface area contributed by atoms with Crippen LogP contribution in [0.25, 0.3) is 6.08 Å². The van der Waals surface area contributed by atoms with Crippen LogP contribution in [-0.2, 0) is 9.59 Å². The average molecular weight is 321 g/mol. The second-order valence-corrected chi connectivity index (χ2v) is 5.66. The fourth-order valence-electron chi connectivity index (χ4n) is 2.66. The first-order valence-electron chi connectivity index (χ1n) is 8.02. The van der Waals surface area contributed by atoms with E-state index in [1.54, 1.807) is 23.4 Å². The highest BCUT2D eigenvalue weighted by Gasteiger charge is 2.19. The van der Waals surface area contributed by atoms with Crippen molar-refractivity contribution >= 4 is 29.3 Å². The third kappa shape index (κ3) is 4.07. The fraction of sp³-hybridized carbons (Fsp3) is 0.211.